The van der Waals surface area contributed by atoms with Crippen LogP contribution in [0.2, 0.25) is 0 Å². The number of primary sulfonamides is 1. The lowest BCUT2D eigenvalue weighted by atomic mass is 10.3. The number of amides is 1. The quantitative estimate of drug-likeness (QED) is 0.448. The summed E-state index contributed by atoms with van der Waals surface area (Å²) in [6.07, 6.45) is 1.81. The van der Waals surface area contributed by atoms with Crippen LogP contribution in [0.3, 0.4) is 0 Å². The molecule has 0 saturated carbocycles. The maximum atomic E-state index is 12.5. The van der Waals surface area contributed by atoms with Crippen molar-refractivity contribution in [3.63, 3.8) is 0 Å². The van der Waals surface area contributed by atoms with E-state index in [1.165, 1.54) is 48.6 Å². The molecule has 3 N–H and O–H groups in total. The van der Waals surface area contributed by atoms with Gasteiger partial charge in [0.1, 0.15) is 5.82 Å². The summed E-state index contributed by atoms with van der Waals surface area (Å²) in [4.78, 5) is 40.8. The number of benzene rings is 1. The van der Waals surface area contributed by atoms with E-state index in [0.29, 0.717) is 17.2 Å². The first-order valence-corrected chi connectivity index (χ1v) is 12.3. The molecule has 0 aliphatic heterocycles. The maximum absolute atomic E-state index is 12.5. The van der Waals surface area contributed by atoms with Gasteiger partial charge in [0.2, 0.25) is 15.9 Å². The van der Waals surface area contributed by atoms with Crippen LogP contribution in [-0.4, -0.2) is 38.8 Å². The number of imidazole rings is 1. The third-order valence-corrected chi connectivity index (χ3v) is 6.76. The molecule has 2 aromatic heterocycles. The summed E-state index contributed by atoms with van der Waals surface area (Å²) in [6, 6.07) is 5.67. The van der Waals surface area contributed by atoms with E-state index in [0.717, 1.165) is 22.9 Å². The lowest BCUT2D eigenvalue weighted by Crippen LogP contribution is -2.38. The van der Waals surface area contributed by atoms with Gasteiger partial charge in [0, 0.05) is 26.7 Å². The van der Waals surface area contributed by atoms with Gasteiger partial charge in [-0.3, -0.25) is 18.7 Å². The number of unbranched alkanes of at least 4 members (excludes halogenated alkanes) is 1. The van der Waals surface area contributed by atoms with Crippen LogP contribution in [-0.2, 0) is 35.5 Å². The Kier molecular flexibility index (Phi) is 6.91. The monoisotopic (exact) mass is 480 g/mol. The summed E-state index contributed by atoms with van der Waals surface area (Å²) in [5.74, 6) is -0.348. The van der Waals surface area contributed by atoms with Crippen molar-refractivity contribution in [2.24, 2.45) is 19.2 Å². The van der Waals surface area contributed by atoms with Crippen molar-refractivity contribution >= 4 is 44.5 Å². The van der Waals surface area contributed by atoms with Crippen molar-refractivity contribution in [1.82, 2.24) is 18.7 Å². The topological polar surface area (TPSA) is 151 Å². The summed E-state index contributed by atoms with van der Waals surface area (Å²) < 4.78 is 27.4. The largest absolute Gasteiger partial charge is 0.332 e. The smallest absolute Gasteiger partial charge is 0.319 e. The summed E-state index contributed by atoms with van der Waals surface area (Å²) in [6.45, 7) is 2.70. The fourth-order valence-electron chi connectivity index (χ4n) is 3.07. The predicted octanol–water partition coefficient (Wildman–Crippen LogP) is 0.612. The number of nitrogens with one attached hydrogen (secondary N) is 1. The number of anilines is 1. The molecule has 11 nitrogen and oxygen atoms in total. The highest BCUT2D eigenvalue weighted by Crippen LogP contribution is 2.26. The zero-order chi connectivity index (χ0) is 23.6. The number of thioether (sulfide) groups is 1. The van der Waals surface area contributed by atoms with Gasteiger partial charge in [-0.05, 0) is 24.6 Å². The van der Waals surface area contributed by atoms with Gasteiger partial charge in [-0.1, -0.05) is 25.1 Å². The summed E-state index contributed by atoms with van der Waals surface area (Å²) >= 11 is 1.17. The van der Waals surface area contributed by atoms with E-state index >= 15 is 0 Å². The number of fused-ring (bicyclic) bond motifs is 1. The zero-order valence-corrected chi connectivity index (χ0v) is 19.5. The molecule has 2 heterocycles. The highest BCUT2D eigenvalue weighted by molar-refractivity contribution is 7.99. The normalized spacial score (nSPS) is 11.8. The van der Waals surface area contributed by atoms with Gasteiger partial charge in [0.05, 0.1) is 21.7 Å². The van der Waals surface area contributed by atoms with Crippen LogP contribution < -0.4 is 21.7 Å². The third-order valence-electron chi connectivity index (χ3n) is 4.87. The van der Waals surface area contributed by atoms with E-state index in [4.69, 9.17) is 5.14 Å². The van der Waals surface area contributed by atoms with Crippen LogP contribution in [0.25, 0.3) is 11.0 Å². The molecule has 0 unspecified atom stereocenters. The molecule has 0 spiro atoms. The first-order valence-electron chi connectivity index (χ1n) is 9.75. The number of nitrogens with two attached hydrogens (primary N) is 1. The van der Waals surface area contributed by atoms with Gasteiger partial charge in [0.15, 0.2) is 5.16 Å². The molecular weight excluding hydrogens is 456 g/mol. The molecule has 0 fully saturated rings. The second kappa shape index (κ2) is 9.30. The SMILES string of the molecule is CCCCn1c(SCC(=O)Nc2cc(=O)n(C)c(=O)n2C)nc2cc(S(N)(=O)=O)ccc21. The lowest BCUT2D eigenvalue weighted by molar-refractivity contribution is -0.113. The van der Waals surface area contributed by atoms with E-state index in [1.807, 2.05) is 11.5 Å². The minimum absolute atomic E-state index is 0.0269. The van der Waals surface area contributed by atoms with Crippen molar-refractivity contribution in [3.8, 4) is 0 Å². The number of rotatable bonds is 8. The number of aromatic nitrogens is 4. The van der Waals surface area contributed by atoms with E-state index in [9.17, 15) is 22.8 Å². The third kappa shape index (κ3) is 4.95. The first kappa shape index (κ1) is 23.8. The molecule has 32 heavy (non-hydrogen) atoms. The lowest BCUT2D eigenvalue weighted by Gasteiger charge is -2.11. The Morgan fingerprint density at radius 2 is 1.91 bits per heavy atom. The maximum Gasteiger partial charge on any atom is 0.332 e. The number of hydrogen-bond donors (Lipinski definition) is 2. The van der Waals surface area contributed by atoms with Crippen molar-refractivity contribution in [2.45, 2.75) is 36.4 Å². The standard InChI is InChI=1S/C19H24N6O5S2/c1-4-5-8-25-14-7-6-12(32(20,29)30)9-13(14)21-18(25)31-11-16(26)22-15-10-17(27)24(3)19(28)23(15)2/h6-7,9-10H,4-5,8,11H2,1-3H3,(H,22,26)(H2,20,29,30). The number of hydrogen-bond acceptors (Lipinski definition) is 7. The molecule has 0 bridgehead atoms. The second-order valence-corrected chi connectivity index (χ2v) is 9.70. The molecule has 0 atom stereocenters. The molecule has 1 aromatic carbocycles. The van der Waals surface area contributed by atoms with Crippen LogP contribution in [0, 0.1) is 0 Å². The fraction of sp³-hybridized carbons (Fsp3) is 0.368. The highest BCUT2D eigenvalue weighted by atomic mass is 32.2. The second-order valence-electron chi connectivity index (χ2n) is 7.20. The molecular formula is C19H24N6O5S2. The number of aryl methyl sites for hydroxylation is 1. The van der Waals surface area contributed by atoms with Crippen molar-refractivity contribution in [2.75, 3.05) is 11.1 Å². The van der Waals surface area contributed by atoms with E-state index in [1.54, 1.807) is 6.07 Å². The molecule has 0 aliphatic rings. The Labute approximate surface area is 188 Å². The Bertz CT molecular complexity index is 1400. The van der Waals surface area contributed by atoms with E-state index < -0.39 is 27.2 Å². The van der Waals surface area contributed by atoms with Crippen LogP contribution in [0.5, 0.6) is 0 Å². The van der Waals surface area contributed by atoms with Crippen LogP contribution in [0.4, 0.5) is 5.82 Å². The molecule has 0 radical (unpaired) electrons. The van der Waals surface area contributed by atoms with Gasteiger partial charge in [-0.2, -0.15) is 0 Å². The molecule has 3 rings (SSSR count). The van der Waals surface area contributed by atoms with Crippen molar-refractivity contribution < 1.29 is 13.2 Å². The Balaban J connectivity index is 1.85. The van der Waals surface area contributed by atoms with Crippen LogP contribution in [0.1, 0.15) is 19.8 Å². The van der Waals surface area contributed by atoms with Crippen molar-refractivity contribution in [1.29, 1.82) is 0 Å². The summed E-state index contributed by atoms with van der Waals surface area (Å²) in [7, 11) is -1.05. The van der Waals surface area contributed by atoms with Gasteiger partial charge in [-0.25, -0.2) is 23.3 Å². The fourth-order valence-corrected chi connectivity index (χ4v) is 4.44. The van der Waals surface area contributed by atoms with Gasteiger partial charge < -0.3 is 9.88 Å². The molecule has 1 amide bonds. The molecule has 172 valence electrons. The van der Waals surface area contributed by atoms with Crippen LogP contribution in [0.15, 0.2) is 43.9 Å². The number of carbonyl (C=O) groups is 1. The van der Waals surface area contributed by atoms with E-state index in [-0.39, 0.29) is 16.5 Å². The minimum atomic E-state index is -3.86. The summed E-state index contributed by atoms with van der Waals surface area (Å²) in [5, 5.41) is 8.34. The van der Waals surface area contributed by atoms with E-state index in [2.05, 4.69) is 10.3 Å². The Hall–Kier alpha value is -2.90. The van der Waals surface area contributed by atoms with Crippen molar-refractivity contribution in [3.05, 3.63) is 45.1 Å². The minimum Gasteiger partial charge on any atom is -0.319 e. The highest BCUT2D eigenvalue weighted by Gasteiger charge is 2.17. The number of sulfonamides is 1. The average molecular weight is 481 g/mol. The van der Waals surface area contributed by atoms with Gasteiger partial charge in [0.25, 0.3) is 5.56 Å². The zero-order valence-electron chi connectivity index (χ0n) is 17.9. The number of carbonyl (C=O) groups excluding carboxylic acids is 1. The molecule has 0 aliphatic carbocycles. The first-order chi connectivity index (χ1) is 15.0. The molecule has 0 saturated heterocycles. The summed E-state index contributed by atoms with van der Waals surface area (Å²) in [5.41, 5.74) is 0.128. The Morgan fingerprint density at radius 3 is 2.56 bits per heavy atom. The average Bonchev–Trinajstić information content (AvgIpc) is 3.09. The van der Waals surface area contributed by atoms with Gasteiger partial charge in [-0.15, -0.1) is 0 Å². The van der Waals surface area contributed by atoms with Crippen LogP contribution >= 0.6 is 11.8 Å². The van der Waals surface area contributed by atoms with Gasteiger partial charge >= 0.3 is 5.69 Å². The molecule has 3 aromatic rings. The predicted molar refractivity (Wildman–Crippen MR) is 122 cm³/mol. The number of nitrogens with zero attached hydrogens (tertiary/aromatic N) is 4. The molecule has 13 heteroatoms. The Morgan fingerprint density at radius 1 is 1.19 bits per heavy atom.